The molecule has 58 valence electrons. The maximum Gasteiger partial charge on any atom is 0.214 e. The third kappa shape index (κ3) is 2.01. The van der Waals surface area contributed by atoms with Gasteiger partial charge >= 0.3 is 0 Å². The second-order valence-corrected chi connectivity index (χ2v) is 2.84. The molecule has 0 radical (unpaired) electrons. The lowest BCUT2D eigenvalue weighted by Gasteiger charge is -2.00. The Kier molecular flexibility index (Phi) is 2.59. The molecule has 11 heavy (non-hydrogen) atoms. The van der Waals surface area contributed by atoms with Gasteiger partial charge in [0.2, 0.25) is 5.90 Å². The third-order valence-electron chi connectivity index (χ3n) is 1.17. The fourth-order valence-corrected chi connectivity index (χ4v) is 1.02. The van der Waals surface area contributed by atoms with Crippen LogP contribution in [0.4, 0.5) is 0 Å². The minimum Gasteiger partial charge on any atom is -0.481 e. The van der Waals surface area contributed by atoms with Crippen LogP contribution in [0.1, 0.15) is 5.56 Å². The molecule has 0 amide bonds. The van der Waals surface area contributed by atoms with Crippen molar-refractivity contribution in [1.82, 2.24) is 4.98 Å². The summed E-state index contributed by atoms with van der Waals surface area (Å²) in [6.07, 6.45) is 3.24. The van der Waals surface area contributed by atoms with Gasteiger partial charge in [-0.2, -0.15) is 0 Å². The highest BCUT2D eigenvalue weighted by atomic mass is 79.9. The van der Waals surface area contributed by atoms with Crippen LogP contribution in [-0.2, 0) is 4.74 Å². The monoisotopic (exact) mass is 214 g/mol. The van der Waals surface area contributed by atoms with Crippen molar-refractivity contribution in [3.05, 3.63) is 28.5 Å². The Balaban J connectivity index is 2.96. The van der Waals surface area contributed by atoms with E-state index in [2.05, 4.69) is 20.9 Å². The lowest BCUT2D eigenvalue weighted by Crippen LogP contribution is -2.01. The normalized spacial score (nSPS) is 9.27. The maximum atomic E-state index is 7.29. The van der Waals surface area contributed by atoms with Crippen molar-refractivity contribution in [2.75, 3.05) is 7.11 Å². The van der Waals surface area contributed by atoms with Crippen molar-refractivity contribution in [3.8, 4) is 0 Å². The van der Waals surface area contributed by atoms with E-state index in [4.69, 9.17) is 10.1 Å². The highest BCUT2D eigenvalue weighted by Crippen LogP contribution is 2.09. The first-order valence-corrected chi connectivity index (χ1v) is 3.77. The molecule has 1 aromatic heterocycles. The zero-order chi connectivity index (χ0) is 8.27. The summed E-state index contributed by atoms with van der Waals surface area (Å²) < 4.78 is 5.56. The molecule has 0 bridgehead atoms. The Morgan fingerprint density at radius 2 is 2.36 bits per heavy atom. The van der Waals surface area contributed by atoms with E-state index >= 15 is 0 Å². The summed E-state index contributed by atoms with van der Waals surface area (Å²) in [4.78, 5) is 3.89. The zero-order valence-electron chi connectivity index (χ0n) is 5.97. The van der Waals surface area contributed by atoms with Gasteiger partial charge in [-0.15, -0.1) is 0 Å². The van der Waals surface area contributed by atoms with E-state index in [9.17, 15) is 0 Å². The number of hydrogen-bond acceptors (Lipinski definition) is 3. The van der Waals surface area contributed by atoms with Crippen LogP contribution >= 0.6 is 15.9 Å². The number of aromatic nitrogens is 1. The van der Waals surface area contributed by atoms with Gasteiger partial charge in [0.15, 0.2) is 0 Å². The Hall–Kier alpha value is -0.900. The number of halogens is 1. The quantitative estimate of drug-likeness (QED) is 0.573. The number of ether oxygens (including phenoxy) is 1. The van der Waals surface area contributed by atoms with Gasteiger partial charge < -0.3 is 4.74 Å². The minimum atomic E-state index is 0.124. The van der Waals surface area contributed by atoms with Gasteiger partial charge in [0.25, 0.3) is 0 Å². The van der Waals surface area contributed by atoms with Gasteiger partial charge in [0.1, 0.15) is 0 Å². The maximum absolute atomic E-state index is 7.29. The average molecular weight is 215 g/mol. The van der Waals surface area contributed by atoms with Gasteiger partial charge in [-0.05, 0) is 22.0 Å². The smallest absolute Gasteiger partial charge is 0.214 e. The fourth-order valence-electron chi connectivity index (χ4n) is 0.654. The summed E-state index contributed by atoms with van der Waals surface area (Å²) >= 11 is 3.24. The van der Waals surface area contributed by atoms with Gasteiger partial charge in [-0.3, -0.25) is 10.4 Å². The predicted molar refractivity (Wildman–Crippen MR) is 45.8 cm³/mol. The van der Waals surface area contributed by atoms with E-state index in [1.165, 1.54) is 7.11 Å². The van der Waals surface area contributed by atoms with Crippen molar-refractivity contribution in [3.63, 3.8) is 0 Å². The van der Waals surface area contributed by atoms with Crippen molar-refractivity contribution in [1.29, 1.82) is 5.41 Å². The summed E-state index contributed by atoms with van der Waals surface area (Å²) in [5.41, 5.74) is 0.668. The molecule has 0 saturated carbocycles. The standard InChI is InChI=1S/C7H7BrN2O/c1-11-7(9)5-2-6(8)4-10-3-5/h2-4,9H,1H3. The van der Waals surface area contributed by atoms with E-state index in [0.29, 0.717) is 5.56 Å². The van der Waals surface area contributed by atoms with Crippen LogP contribution in [0.25, 0.3) is 0 Å². The van der Waals surface area contributed by atoms with Crippen molar-refractivity contribution >= 4 is 21.8 Å². The molecular formula is C7H7BrN2O. The Labute approximate surface area is 73.0 Å². The minimum absolute atomic E-state index is 0.124. The summed E-state index contributed by atoms with van der Waals surface area (Å²) in [5, 5.41) is 7.29. The summed E-state index contributed by atoms with van der Waals surface area (Å²) in [5.74, 6) is 0.124. The van der Waals surface area contributed by atoms with E-state index in [1.807, 2.05) is 0 Å². The first-order valence-electron chi connectivity index (χ1n) is 2.97. The molecule has 0 atom stereocenters. The van der Waals surface area contributed by atoms with Crippen LogP contribution in [0.2, 0.25) is 0 Å². The Morgan fingerprint density at radius 1 is 1.64 bits per heavy atom. The molecule has 1 aromatic rings. The number of methoxy groups -OCH3 is 1. The number of rotatable bonds is 1. The molecule has 0 aliphatic heterocycles. The largest absolute Gasteiger partial charge is 0.481 e. The molecule has 0 aliphatic carbocycles. The summed E-state index contributed by atoms with van der Waals surface area (Å²) in [6, 6.07) is 1.78. The van der Waals surface area contributed by atoms with Crippen molar-refractivity contribution < 1.29 is 4.74 Å². The first-order chi connectivity index (χ1) is 5.24. The molecule has 0 aromatic carbocycles. The van der Waals surface area contributed by atoms with Crippen LogP contribution in [0, 0.1) is 5.41 Å². The number of nitrogens with zero attached hydrogens (tertiary/aromatic N) is 1. The fraction of sp³-hybridized carbons (Fsp3) is 0.143. The Morgan fingerprint density at radius 3 is 2.91 bits per heavy atom. The highest BCUT2D eigenvalue weighted by Gasteiger charge is 2.00. The molecule has 0 spiro atoms. The topological polar surface area (TPSA) is 46.0 Å². The van der Waals surface area contributed by atoms with Gasteiger partial charge in [0.05, 0.1) is 12.7 Å². The lowest BCUT2D eigenvalue weighted by molar-refractivity contribution is 0.401. The molecule has 4 heteroatoms. The van der Waals surface area contributed by atoms with Crippen LogP contribution in [0.3, 0.4) is 0 Å². The van der Waals surface area contributed by atoms with E-state index in [1.54, 1.807) is 18.5 Å². The highest BCUT2D eigenvalue weighted by molar-refractivity contribution is 9.10. The van der Waals surface area contributed by atoms with Crippen molar-refractivity contribution in [2.45, 2.75) is 0 Å². The lowest BCUT2D eigenvalue weighted by atomic mass is 10.3. The first kappa shape index (κ1) is 8.20. The molecule has 1 N–H and O–H groups in total. The van der Waals surface area contributed by atoms with Gasteiger partial charge in [-0.1, -0.05) is 0 Å². The predicted octanol–water partition coefficient (Wildman–Crippen LogP) is 1.82. The van der Waals surface area contributed by atoms with E-state index in [-0.39, 0.29) is 5.90 Å². The van der Waals surface area contributed by atoms with Gasteiger partial charge in [-0.25, -0.2) is 0 Å². The second-order valence-electron chi connectivity index (χ2n) is 1.93. The molecular weight excluding hydrogens is 208 g/mol. The Bertz CT molecular complexity index is 275. The van der Waals surface area contributed by atoms with Crippen molar-refractivity contribution in [2.24, 2.45) is 0 Å². The second kappa shape index (κ2) is 3.48. The molecule has 0 unspecified atom stereocenters. The van der Waals surface area contributed by atoms with E-state index < -0.39 is 0 Å². The molecule has 0 saturated heterocycles. The van der Waals surface area contributed by atoms with Gasteiger partial charge in [0, 0.05) is 16.9 Å². The van der Waals surface area contributed by atoms with E-state index in [0.717, 1.165) is 4.47 Å². The number of nitrogens with one attached hydrogen (secondary N) is 1. The summed E-state index contributed by atoms with van der Waals surface area (Å²) in [7, 11) is 1.46. The summed E-state index contributed by atoms with van der Waals surface area (Å²) in [6.45, 7) is 0. The third-order valence-corrected chi connectivity index (χ3v) is 1.60. The van der Waals surface area contributed by atoms with Crippen LogP contribution < -0.4 is 0 Å². The SMILES string of the molecule is COC(=N)c1cncc(Br)c1. The van der Waals surface area contributed by atoms with Crippen LogP contribution in [-0.4, -0.2) is 18.0 Å². The molecule has 0 aliphatic rings. The zero-order valence-corrected chi connectivity index (χ0v) is 7.55. The average Bonchev–Trinajstić information content (AvgIpc) is 2.03. The molecule has 0 fully saturated rings. The van der Waals surface area contributed by atoms with Crippen LogP contribution in [0.15, 0.2) is 22.9 Å². The molecule has 1 heterocycles. The number of pyridine rings is 1. The molecule has 3 nitrogen and oxygen atoms in total. The molecule has 1 rings (SSSR count). The number of hydrogen-bond donors (Lipinski definition) is 1. The van der Waals surface area contributed by atoms with Crippen LogP contribution in [0.5, 0.6) is 0 Å².